The number of hydrogen-bond acceptors (Lipinski definition) is 7. The Balaban J connectivity index is 1.17. The maximum atomic E-state index is 13.1. The summed E-state index contributed by atoms with van der Waals surface area (Å²) in [5.74, 6) is 0.685. The molecule has 1 aromatic carbocycles. The molecular weight excluding hydrogens is 476 g/mol. The summed E-state index contributed by atoms with van der Waals surface area (Å²) in [6.07, 6.45) is 5.81. The van der Waals surface area contributed by atoms with Crippen molar-refractivity contribution in [3.63, 3.8) is 0 Å². The number of benzene rings is 1. The predicted molar refractivity (Wildman–Crippen MR) is 138 cm³/mol. The van der Waals surface area contributed by atoms with Crippen LogP contribution >= 0.6 is 11.3 Å². The molecule has 36 heavy (non-hydrogen) atoms. The predicted octanol–water partition coefficient (Wildman–Crippen LogP) is 3.26. The monoisotopic (exact) mass is 502 g/mol. The lowest BCUT2D eigenvalue weighted by molar-refractivity contribution is -0.117. The minimum atomic E-state index is -0.00491. The number of nitrogens with zero attached hydrogens (tertiary/aromatic N) is 5. The van der Waals surface area contributed by atoms with Gasteiger partial charge >= 0.3 is 0 Å². The highest BCUT2D eigenvalue weighted by molar-refractivity contribution is 7.11. The van der Waals surface area contributed by atoms with Crippen molar-refractivity contribution in [1.82, 2.24) is 24.8 Å². The van der Waals surface area contributed by atoms with Crippen molar-refractivity contribution in [2.24, 2.45) is 0 Å². The Kier molecular flexibility index (Phi) is 5.90. The van der Waals surface area contributed by atoms with E-state index in [4.69, 9.17) is 4.74 Å². The van der Waals surface area contributed by atoms with Gasteiger partial charge in [-0.1, -0.05) is 12.1 Å². The molecule has 0 saturated carbocycles. The van der Waals surface area contributed by atoms with Crippen LogP contribution in [0.3, 0.4) is 0 Å². The number of thiazole rings is 1. The molecule has 0 aliphatic carbocycles. The molecule has 2 amide bonds. The standard InChI is InChI=1S/C26H26N6O3S/c1-35-24-23-20(15-29-21(23)5-6-27-24)17-3-2-4-18(13-17)32-16-19(14-22(32)33)30-8-10-31(11-9-30)26(34)25-28-7-12-36-25/h2-7,12-13,15,19,29H,8-11,14,16H2,1H3. The minimum absolute atomic E-state index is 0.00491. The Morgan fingerprint density at radius 1 is 1.14 bits per heavy atom. The third-order valence-electron chi connectivity index (χ3n) is 7.06. The molecule has 0 radical (unpaired) electrons. The second kappa shape index (κ2) is 9.36. The largest absolute Gasteiger partial charge is 0.480 e. The van der Waals surface area contributed by atoms with Crippen molar-refractivity contribution < 1.29 is 14.3 Å². The molecule has 2 aliphatic heterocycles. The fraction of sp³-hybridized carbons (Fsp3) is 0.308. The van der Waals surface area contributed by atoms with E-state index in [0.29, 0.717) is 36.9 Å². The zero-order valence-corrected chi connectivity index (χ0v) is 20.7. The molecule has 2 aliphatic rings. The molecule has 3 aromatic heterocycles. The number of carbonyl (C=O) groups excluding carboxylic acids is 2. The van der Waals surface area contributed by atoms with Crippen LogP contribution in [0.4, 0.5) is 5.69 Å². The fourth-order valence-corrected chi connectivity index (χ4v) is 5.81. The molecule has 0 bridgehead atoms. The van der Waals surface area contributed by atoms with E-state index >= 15 is 0 Å². The normalized spacial score (nSPS) is 18.8. The smallest absolute Gasteiger partial charge is 0.282 e. The highest BCUT2D eigenvalue weighted by Crippen LogP contribution is 2.36. The molecule has 4 aromatic rings. The van der Waals surface area contributed by atoms with Gasteiger partial charge in [0.25, 0.3) is 5.91 Å². The summed E-state index contributed by atoms with van der Waals surface area (Å²) in [6, 6.07) is 10.1. The molecule has 5 heterocycles. The summed E-state index contributed by atoms with van der Waals surface area (Å²) >= 11 is 1.37. The van der Waals surface area contributed by atoms with Crippen molar-refractivity contribution in [3.8, 4) is 17.0 Å². The Morgan fingerprint density at radius 3 is 2.78 bits per heavy atom. The lowest BCUT2D eigenvalue weighted by Gasteiger charge is -2.37. The summed E-state index contributed by atoms with van der Waals surface area (Å²) < 4.78 is 5.49. The second-order valence-electron chi connectivity index (χ2n) is 9.02. The Morgan fingerprint density at radius 2 is 2.00 bits per heavy atom. The number of carbonyl (C=O) groups is 2. The lowest BCUT2D eigenvalue weighted by Crippen LogP contribution is -2.52. The van der Waals surface area contributed by atoms with Crippen molar-refractivity contribution in [2.75, 3.05) is 44.7 Å². The van der Waals surface area contributed by atoms with E-state index < -0.39 is 0 Å². The van der Waals surface area contributed by atoms with Crippen LogP contribution in [0.2, 0.25) is 0 Å². The van der Waals surface area contributed by atoms with Gasteiger partial charge in [0, 0.05) is 80.4 Å². The number of nitrogens with one attached hydrogen (secondary N) is 1. The van der Waals surface area contributed by atoms with Crippen molar-refractivity contribution in [3.05, 3.63) is 59.3 Å². The first kappa shape index (κ1) is 22.7. The SMILES string of the molecule is COc1nccc2[nH]cc(-c3cccc(N4CC(N5CCN(C(=O)c6nccs6)CC5)CC4=O)c3)c12. The van der Waals surface area contributed by atoms with Gasteiger partial charge < -0.3 is 19.5 Å². The van der Waals surface area contributed by atoms with E-state index in [1.54, 1.807) is 19.5 Å². The molecule has 0 spiro atoms. The van der Waals surface area contributed by atoms with Crippen molar-refractivity contribution >= 4 is 39.7 Å². The molecule has 1 atom stereocenters. The number of H-pyrrole nitrogens is 1. The summed E-state index contributed by atoms with van der Waals surface area (Å²) in [5.41, 5.74) is 3.82. The zero-order valence-electron chi connectivity index (χ0n) is 19.9. The molecule has 184 valence electrons. The van der Waals surface area contributed by atoms with E-state index in [9.17, 15) is 9.59 Å². The number of rotatable bonds is 5. The van der Waals surface area contributed by atoms with E-state index in [-0.39, 0.29) is 17.9 Å². The van der Waals surface area contributed by atoms with Crippen LogP contribution in [0.1, 0.15) is 16.2 Å². The van der Waals surface area contributed by atoms with Gasteiger partial charge in [-0.3, -0.25) is 14.5 Å². The maximum absolute atomic E-state index is 13.1. The molecule has 2 fully saturated rings. The third kappa shape index (κ3) is 4.02. The fourth-order valence-electron chi connectivity index (χ4n) is 5.21. The molecular formula is C26H26N6O3S. The number of aromatic amines is 1. The summed E-state index contributed by atoms with van der Waals surface area (Å²) in [6.45, 7) is 3.45. The Labute approximate surface area is 212 Å². The molecule has 1 N–H and O–H groups in total. The van der Waals surface area contributed by atoms with Crippen molar-refractivity contribution in [2.45, 2.75) is 12.5 Å². The zero-order chi connectivity index (χ0) is 24.6. The van der Waals surface area contributed by atoms with Gasteiger partial charge in [0.2, 0.25) is 11.8 Å². The summed E-state index contributed by atoms with van der Waals surface area (Å²) in [4.78, 5) is 43.5. The molecule has 1 unspecified atom stereocenters. The number of amides is 2. The topological polar surface area (TPSA) is 94.7 Å². The first-order valence-corrected chi connectivity index (χ1v) is 12.8. The Bertz CT molecular complexity index is 1410. The van der Waals surface area contributed by atoms with Gasteiger partial charge in [-0.15, -0.1) is 11.3 Å². The molecule has 2 saturated heterocycles. The minimum Gasteiger partial charge on any atom is -0.480 e. The van der Waals surface area contributed by atoms with E-state index in [1.807, 2.05) is 45.6 Å². The van der Waals surface area contributed by atoms with Gasteiger partial charge in [0.05, 0.1) is 18.0 Å². The lowest BCUT2D eigenvalue weighted by atomic mass is 10.0. The number of anilines is 1. The van der Waals surface area contributed by atoms with E-state index in [2.05, 4.69) is 25.9 Å². The Hall–Kier alpha value is -3.76. The van der Waals surface area contributed by atoms with Crippen LogP contribution in [0.15, 0.2) is 54.3 Å². The first-order valence-electron chi connectivity index (χ1n) is 12.0. The van der Waals surface area contributed by atoms with Crippen LogP contribution in [-0.2, 0) is 4.79 Å². The molecule has 9 nitrogen and oxygen atoms in total. The number of aromatic nitrogens is 3. The molecule has 10 heteroatoms. The third-order valence-corrected chi connectivity index (χ3v) is 7.82. The number of ether oxygens (including phenoxy) is 1. The highest BCUT2D eigenvalue weighted by Gasteiger charge is 2.36. The van der Waals surface area contributed by atoms with Crippen LogP contribution < -0.4 is 9.64 Å². The van der Waals surface area contributed by atoms with Gasteiger partial charge in [-0.2, -0.15) is 0 Å². The van der Waals surface area contributed by atoms with Gasteiger partial charge in [-0.05, 0) is 23.8 Å². The number of piperazine rings is 1. The molecule has 6 rings (SSSR count). The number of pyridine rings is 1. The average Bonchev–Trinajstić information content (AvgIpc) is 3.68. The van der Waals surface area contributed by atoms with Crippen molar-refractivity contribution in [1.29, 1.82) is 0 Å². The second-order valence-corrected chi connectivity index (χ2v) is 9.92. The van der Waals surface area contributed by atoms with Crippen LogP contribution in [0, 0.1) is 0 Å². The number of hydrogen-bond donors (Lipinski definition) is 1. The van der Waals surface area contributed by atoms with Crippen LogP contribution in [0.5, 0.6) is 5.88 Å². The van der Waals surface area contributed by atoms with Gasteiger partial charge in [0.1, 0.15) is 0 Å². The quantitative estimate of drug-likeness (QED) is 0.450. The number of fused-ring (bicyclic) bond motifs is 1. The average molecular weight is 503 g/mol. The highest BCUT2D eigenvalue weighted by atomic mass is 32.1. The maximum Gasteiger partial charge on any atom is 0.282 e. The van der Waals surface area contributed by atoms with E-state index in [1.165, 1.54) is 11.3 Å². The van der Waals surface area contributed by atoms with Crippen LogP contribution in [-0.4, -0.2) is 82.4 Å². The van der Waals surface area contributed by atoms with Gasteiger partial charge in [0.15, 0.2) is 5.01 Å². The number of methoxy groups -OCH3 is 1. The summed E-state index contributed by atoms with van der Waals surface area (Å²) in [7, 11) is 1.62. The van der Waals surface area contributed by atoms with E-state index in [0.717, 1.165) is 40.8 Å². The summed E-state index contributed by atoms with van der Waals surface area (Å²) in [5, 5.41) is 3.28. The first-order chi connectivity index (χ1) is 17.6. The van der Waals surface area contributed by atoms with Crippen LogP contribution in [0.25, 0.3) is 22.0 Å². The van der Waals surface area contributed by atoms with Gasteiger partial charge in [-0.25, -0.2) is 9.97 Å².